The molecule has 0 aliphatic rings. The van der Waals surface area contributed by atoms with Gasteiger partial charge in [-0.05, 0) is 30.5 Å². The Kier molecular flexibility index (Phi) is 6.01. The van der Waals surface area contributed by atoms with Crippen LogP contribution in [0.2, 0.25) is 5.02 Å². The summed E-state index contributed by atoms with van der Waals surface area (Å²) in [6, 6.07) is 7.03. The van der Waals surface area contributed by atoms with Crippen LogP contribution in [0, 0.1) is 0 Å². The van der Waals surface area contributed by atoms with Crippen LogP contribution in [-0.2, 0) is 15.8 Å². The quantitative estimate of drug-likeness (QED) is 0.671. The van der Waals surface area contributed by atoms with Gasteiger partial charge in [-0.15, -0.1) is 0 Å². The molecule has 2 unspecified atom stereocenters. The van der Waals surface area contributed by atoms with Crippen LogP contribution < -0.4 is 5.73 Å². The van der Waals surface area contributed by atoms with E-state index in [2.05, 4.69) is 0 Å². The molecule has 106 valence electrons. The minimum absolute atomic E-state index is 0.00133. The first-order chi connectivity index (χ1) is 8.81. The van der Waals surface area contributed by atoms with Crippen molar-refractivity contribution in [3.8, 4) is 0 Å². The molecule has 7 heteroatoms. The Morgan fingerprint density at radius 1 is 1.47 bits per heavy atom. The fraction of sp³-hybridized carbons (Fsp3) is 0.417. The van der Waals surface area contributed by atoms with E-state index in [1.54, 1.807) is 18.2 Å². The normalized spacial score (nSPS) is 15.7. The van der Waals surface area contributed by atoms with Crippen molar-refractivity contribution < 1.29 is 19.4 Å². The first kappa shape index (κ1) is 16.2. The monoisotopic (exact) mass is 305 g/mol. The third kappa shape index (κ3) is 5.74. The average Bonchev–Trinajstić information content (AvgIpc) is 2.33. The lowest BCUT2D eigenvalue weighted by Crippen LogP contribution is -2.23. The standard InChI is InChI=1S/C12H17ClNO4P/c13-10-3-1-2-9(8-10)6-7-19(17,18)11(14)4-5-12(15)16/h1-3,8,11H,4-7,14H2,(H,15,16)(H,17,18). The number of rotatable bonds is 7. The predicted molar refractivity (Wildman–Crippen MR) is 74.7 cm³/mol. The van der Waals surface area contributed by atoms with Gasteiger partial charge in [0, 0.05) is 17.6 Å². The molecule has 0 bridgehead atoms. The highest BCUT2D eigenvalue weighted by Gasteiger charge is 2.27. The van der Waals surface area contributed by atoms with Crippen molar-refractivity contribution >= 4 is 24.9 Å². The van der Waals surface area contributed by atoms with Gasteiger partial charge in [0.1, 0.15) is 0 Å². The van der Waals surface area contributed by atoms with Crippen molar-refractivity contribution in [2.75, 3.05) is 6.16 Å². The van der Waals surface area contributed by atoms with E-state index < -0.39 is 19.1 Å². The third-order valence-electron chi connectivity index (χ3n) is 2.78. The highest BCUT2D eigenvalue weighted by molar-refractivity contribution is 7.58. The van der Waals surface area contributed by atoms with Gasteiger partial charge >= 0.3 is 5.97 Å². The van der Waals surface area contributed by atoms with Crippen molar-refractivity contribution in [2.24, 2.45) is 5.73 Å². The van der Waals surface area contributed by atoms with Crippen molar-refractivity contribution in [3.63, 3.8) is 0 Å². The second-order valence-electron chi connectivity index (χ2n) is 4.36. The van der Waals surface area contributed by atoms with E-state index in [0.29, 0.717) is 11.4 Å². The summed E-state index contributed by atoms with van der Waals surface area (Å²) in [5.41, 5.74) is 6.45. The Balaban J connectivity index is 2.54. The van der Waals surface area contributed by atoms with Crippen LogP contribution in [0.4, 0.5) is 0 Å². The van der Waals surface area contributed by atoms with Gasteiger partial charge in [0.25, 0.3) is 0 Å². The highest BCUT2D eigenvalue weighted by Crippen LogP contribution is 2.46. The summed E-state index contributed by atoms with van der Waals surface area (Å²) < 4.78 is 12.0. The summed E-state index contributed by atoms with van der Waals surface area (Å²) in [5.74, 6) is -2.02. The van der Waals surface area contributed by atoms with Gasteiger partial charge in [0.05, 0.1) is 5.78 Å². The fourth-order valence-corrected chi connectivity index (χ4v) is 3.28. The lowest BCUT2D eigenvalue weighted by molar-refractivity contribution is -0.137. The van der Waals surface area contributed by atoms with E-state index in [4.69, 9.17) is 22.4 Å². The number of nitrogens with two attached hydrogens (primary N) is 1. The number of carboxylic acid groups (broad SMARTS) is 1. The van der Waals surface area contributed by atoms with Crippen LogP contribution in [0.15, 0.2) is 24.3 Å². The number of carbonyl (C=O) groups is 1. The topological polar surface area (TPSA) is 101 Å². The van der Waals surface area contributed by atoms with Crippen molar-refractivity contribution in [1.29, 1.82) is 0 Å². The molecule has 1 aromatic carbocycles. The molecular formula is C12H17ClNO4P. The van der Waals surface area contributed by atoms with Crippen molar-refractivity contribution in [3.05, 3.63) is 34.9 Å². The number of hydrogen-bond donors (Lipinski definition) is 3. The number of carboxylic acids is 1. The van der Waals surface area contributed by atoms with Gasteiger partial charge in [-0.25, -0.2) is 0 Å². The summed E-state index contributed by atoms with van der Waals surface area (Å²) >= 11 is 5.82. The number of halogens is 1. The zero-order valence-corrected chi connectivity index (χ0v) is 12.0. The molecule has 0 saturated carbocycles. The minimum Gasteiger partial charge on any atom is -0.481 e. The molecule has 0 aliphatic carbocycles. The smallest absolute Gasteiger partial charge is 0.303 e. The lowest BCUT2D eigenvalue weighted by atomic mass is 10.2. The van der Waals surface area contributed by atoms with Gasteiger partial charge < -0.3 is 15.7 Å². The molecule has 0 aromatic heterocycles. The molecule has 1 rings (SSSR count). The largest absolute Gasteiger partial charge is 0.481 e. The Labute approximate surface area is 116 Å². The zero-order valence-electron chi connectivity index (χ0n) is 10.3. The Bertz CT molecular complexity index is 494. The Morgan fingerprint density at radius 3 is 2.74 bits per heavy atom. The van der Waals surface area contributed by atoms with Gasteiger partial charge in [-0.3, -0.25) is 9.36 Å². The van der Waals surface area contributed by atoms with E-state index in [1.165, 1.54) is 0 Å². The van der Waals surface area contributed by atoms with Crippen molar-refractivity contribution in [2.45, 2.75) is 25.0 Å². The predicted octanol–water partition coefficient (Wildman–Crippen LogP) is 2.30. The van der Waals surface area contributed by atoms with Crippen molar-refractivity contribution in [1.82, 2.24) is 0 Å². The van der Waals surface area contributed by atoms with Crippen LogP contribution in [0.1, 0.15) is 18.4 Å². The van der Waals surface area contributed by atoms with Gasteiger partial charge in [-0.2, -0.15) is 0 Å². The molecule has 0 radical (unpaired) electrons. The molecule has 19 heavy (non-hydrogen) atoms. The van der Waals surface area contributed by atoms with Crippen LogP contribution in [0.5, 0.6) is 0 Å². The summed E-state index contributed by atoms with van der Waals surface area (Å²) in [5, 5.41) is 9.09. The zero-order chi connectivity index (χ0) is 14.5. The lowest BCUT2D eigenvalue weighted by Gasteiger charge is -2.18. The first-order valence-electron chi connectivity index (χ1n) is 5.84. The molecule has 0 aliphatic heterocycles. The second-order valence-corrected chi connectivity index (χ2v) is 7.42. The third-order valence-corrected chi connectivity index (χ3v) is 5.18. The summed E-state index contributed by atoms with van der Waals surface area (Å²) in [7, 11) is -3.55. The molecule has 0 spiro atoms. The Morgan fingerprint density at radius 2 is 2.16 bits per heavy atom. The molecular weight excluding hydrogens is 289 g/mol. The van der Waals surface area contributed by atoms with E-state index in [0.717, 1.165) is 5.56 Å². The summed E-state index contributed by atoms with van der Waals surface area (Å²) in [6.45, 7) is 0. The maximum atomic E-state index is 12.0. The molecule has 0 amide bonds. The Hall–Kier alpha value is -0.870. The van der Waals surface area contributed by atoms with Crippen LogP contribution in [0.25, 0.3) is 0 Å². The number of aryl methyl sites for hydroxylation is 1. The maximum absolute atomic E-state index is 12.0. The molecule has 0 heterocycles. The number of benzene rings is 1. The summed E-state index contributed by atoms with van der Waals surface area (Å²) in [6.07, 6.45) is 0.199. The minimum atomic E-state index is -3.55. The van der Waals surface area contributed by atoms with Gasteiger partial charge in [-0.1, -0.05) is 23.7 Å². The molecule has 2 atom stereocenters. The van der Waals surface area contributed by atoms with Crippen LogP contribution >= 0.6 is 19.0 Å². The van der Waals surface area contributed by atoms with E-state index in [-0.39, 0.29) is 19.0 Å². The number of aliphatic carboxylic acids is 1. The SMILES string of the molecule is NC(CCC(=O)O)P(=O)(O)CCc1cccc(Cl)c1. The molecule has 5 nitrogen and oxygen atoms in total. The van der Waals surface area contributed by atoms with Gasteiger partial charge in [0.15, 0.2) is 0 Å². The fourth-order valence-electron chi connectivity index (χ4n) is 1.62. The highest BCUT2D eigenvalue weighted by atomic mass is 35.5. The molecule has 1 aromatic rings. The van der Waals surface area contributed by atoms with E-state index in [1.807, 2.05) is 6.07 Å². The second kappa shape index (κ2) is 7.06. The molecule has 0 saturated heterocycles. The van der Waals surface area contributed by atoms with Crippen LogP contribution in [-0.4, -0.2) is 27.9 Å². The first-order valence-corrected chi connectivity index (χ1v) is 8.14. The van der Waals surface area contributed by atoms with Crippen LogP contribution in [0.3, 0.4) is 0 Å². The maximum Gasteiger partial charge on any atom is 0.303 e. The molecule has 0 fully saturated rings. The van der Waals surface area contributed by atoms with E-state index in [9.17, 15) is 14.3 Å². The summed E-state index contributed by atoms with van der Waals surface area (Å²) in [4.78, 5) is 20.2. The molecule has 4 N–H and O–H groups in total. The van der Waals surface area contributed by atoms with Gasteiger partial charge in [0.2, 0.25) is 7.37 Å². The number of hydrogen-bond acceptors (Lipinski definition) is 3. The van der Waals surface area contributed by atoms with E-state index >= 15 is 0 Å². The average molecular weight is 306 g/mol.